The van der Waals surface area contributed by atoms with Crippen molar-refractivity contribution in [3.63, 3.8) is 0 Å². The molecule has 0 unspecified atom stereocenters. The zero-order valence-electron chi connectivity index (χ0n) is 11.2. The van der Waals surface area contributed by atoms with Crippen molar-refractivity contribution >= 4 is 18.1 Å². The van der Waals surface area contributed by atoms with Gasteiger partial charge >= 0.3 is 5.97 Å². The normalized spacial score (nSPS) is 10.9. The molecule has 0 atom stereocenters. The lowest BCUT2D eigenvalue weighted by Crippen LogP contribution is -2.13. The lowest BCUT2D eigenvalue weighted by molar-refractivity contribution is -0.142. The molecule has 0 radical (unpaired) electrons. The Labute approximate surface area is 107 Å². The maximum atomic E-state index is 10.8. The number of benzene rings is 1. The first-order valence-corrected chi connectivity index (χ1v) is 5.81. The van der Waals surface area contributed by atoms with Crippen molar-refractivity contribution in [2.75, 3.05) is 5.32 Å². The number of hydrogen-bond acceptors (Lipinski definition) is 3. The van der Waals surface area contributed by atoms with Gasteiger partial charge in [-0.1, -0.05) is 26.8 Å². The molecule has 0 aromatic heterocycles. The summed E-state index contributed by atoms with van der Waals surface area (Å²) in [5.74, 6) is -0.318. The number of hydrogen-bond donors (Lipinski definition) is 1. The van der Waals surface area contributed by atoms with Gasteiger partial charge in [0.25, 0.3) is 0 Å². The zero-order chi connectivity index (χ0) is 13.8. The van der Waals surface area contributed by atoms with Crippen molar-refractivity contribution in [2.24, 2.45) is 0 Å². The van der Waals surface area contributed by atoms with Crippen molar-refractivity contribution in [3.05, 3.63) is 29.3 Å². The second-order valence-corrected chi connectivity index (χ2v) is 5.21. The first-order valence-electron chi connectivity index (χ1n) is 5.81. The van der Waals surface area contributed by atoms with Gasteiger partial charge < -0.3 is 10.1 Å². The third kappa shape index (κ3) is 4.20. The minimum atomic E-state index is -0.318. The molecule has 1 N–H and O–H groups in total. The Bertz CT molecular complexity index is 447. The van der Waals surface area contributed by atoms with Gasteiger partial charge in [0.15, 0.2) is 0 Å². The van der Waals surface area contributed by atoms with E-state index in [9.17, 15) is 9.59 Å². The van der Waals surface area contributed by atoms with Crippen LogP contribution in [0.25, 0.3) is 0 Å². The van der Waals surface area contributed by atoms with Crippen LogP contribution in [0, 0.1) is 0 Å². The number of amides is 1. The zero-order valence-corrected chi connectivity index (χ0v) is 11.2. The van der Waals surface area contributed by atoms with Crippen molar-refractivity contribution in [3.8, 4) is 0 Å². The van der Waals surface area contributed by atoms with Gasteiger partial charge in [0.1, 0.15) is 6.61 Å². The Kier molecular flexibility index (Phi) is 4.48. The highest BCUT2D eigenvalue weighted by molar-refractivity contribution is 5.72. The molecule has 0 saturated carbocycles. The summed E-state index contributed by atoms with van der Waals surface area (Å²) >= 11 is 0. The third-order valence-corrected chi connectivity index (χ3v) is 2.53. The van der Waals surface area contributed by atoms with Crippen molar-refractivity contribution in [1.82, 2.24) is 0 Å². The lowest BCUT2D eigenvalue weighted by atomic mass is 9.86. The molecule has 4 nitrogen and oxygen atoms in total. The van der Waals surface area contributed by atoms with E-state index in [0.717, 1.165) is 11.1 Å². The Balaban J connectivity index is 3.05. The van der Waals surface area contributed by atoms with E-state index in [-0.39, 0.29) is 18.0 Å². The van der Waals surface area contributed by atoms with Crippen molar-refractivity contribution < 1.29 is 14.3 Å². The second-order valence-electron chi connectivity index (χ2n) is 5.21. The fourth-order valence-corrected chi connectivity index (χ4v) is 1.54. The molecule has 0 aliphatic rings. The van der Waals surface area contributed by atoms with E-state index in [4.69, 9.17) is 4.74 Å². The summed E-state index contributed by atoms with van der Waals surface area (Å²) in [6, 6.07) is 5.71. The number of anilines is 1. The van der Waals surface area contributed by atoms with E-state index in [1.54, 1.807) is 6.07 Å². The summed E-state index contributed by atoms with van der Waals surface area (Å²) < 4.78 is 4.97. The number of carbonyl (C=O) groups excluding carboxylic acids is 2. The molecule has 0 spiro atoms. The van der Waals surface area contributed by atoms with E-state index in [0.29, 0.717) is 12.1 Å². The molecule has 0 heterocycles. The van der Waals surface area contributed by atoms with Crippen LogP contribution in [0.5, 0.6) is 0 Å². The first-order chi connectivity index (χ1) is 8.32. The first kappa shape index (κ1) is 14.2. The van der Waals surface area contributed by atoms with Crippen LogP contribution < -0.4 is 5.32 Å². The number of rotatable bonds is 4. The molecular formula is C14H19NO3. The predicted molar refractivity (Wildman–Crippen MR) is 70.3 cm³/mol. The summed E-state index contributed by atoms with van der Waals surface area (Å²) in [5.41, 5.74) is 2.61. The molecule has 1 aromatic rings. The molecular weight excluding hydrogens is 230 g/mol. The van der Waals surface area contributed by atoms with E-state index in [1.165, 1.54) is 6.92 Å². The highest BCUT2D eigenvalue weighted by atomic mass is 16.5. The Hall–Kier alpha value is -1.84. The minimum absolute atomic E-state index is 0.0362. The van der Waals surface area contributed by atoms with Crippen LogP contribution in [-0.4, -0.2) is 12.4 Å². The smallest absolute Gasteiger partial charge is 0.302 e. The summed E-state index contributed by atoms with van der Waals surface area (Å²) in [5, 5.41) is 2.63. The highest BCUT2D eigenvalue weighted by Crippen LogP contribution is 2.26. The standard InChI is InChI=1S/C14H19NO3/c1-10(17)18-8-11-5-12(14(2,3)4)7-13(6-11)15-9-16/h5-7,9H,8H2,1-4H3,(H,15,16). The molecule has 18 heavy (non-hydrogen) atoms. The molecule has 1 rings (SSSR count). The third-order valence-electron chi connectivity index (χ3n) is 2.53. The molecule has 0 saturated heterocycles. The van der Waals surface area contributed by atoms with Crippen LogP contribution in [0.1, 0.15) is 38.8 Å². The maximum Gasteiger partial charge on any atom is 0.302 e. The fourth-order valence-electron chi connectivity index (χ4n) is 1.54. The molecule has 0 fully saturated rings. The van der Waals surface area contributed by atoms with E-state index in [1.807, 2.05) is 12.1 Å². The topological polar surface area (TPSA) is 55.4 Å². The Morgan fingerprint density at radius 1 is 1.33 bits per heavy atom. The summed E-state index contributed by atoms with van der Waals surface area (Å²) in [7, 11) is 0. The van der Waals surface area contributed by atoms with E-state index < -0.39 is 0 Å². The van der Waals surface area contributed by atoms with Crippen molar-refractivity contribution in [2.45, 2.75) is 39.7 Å². The average Bonchev–Trinajstić information content (AvgIpc) is 2.25. The van der Waals surface area contributed by atoms with Crippen LogP contribution >= 0.6 is 0 Å². The monoisotopic (exact) mass is 249 g/mol. The quantitative estimate of drug-likeness (QED) is 0.659. The molecule has 1 aromatic carbocycles. The number of nitrogens with one attached hydrogen (secondary N) is 1. The number of carbonyl (C=O) groups is 2. The lowest BCUT2D eigenvalue weighted by Gasteiger charge is -2.21. The molecule has 4 heteroatoms. The van der Waals surface area contributed by atoms with Gasteiger partial charge in [-0.05, 0) is 28.7 Å². The predicted octanol–water partition coefficient (Wildman–Crippen LogP) is 2.62. The fraction of sp³-hybridized carbons (Fsp3) is 0.429. The van der Waals surface area contributed by atoms with Gasteiger partial charge in [-0.15, -0.1) is 0 Å². The van der Waals surface area contributed by atoms with Crippen LogP contribution in [0.3, 0.4) is 0 Å². The Morgan fingerprint density at radius 2 is 2.00 bits per heavy atom. The summed E-state index contributed by atoms with van der Waals surface area (Å²) in [6.07, 6.45) is 0.636. The van der Waals surface area contributed by atoms with Crippen LogP contribution in [0.2, 0.25) is 0 Å². The van der Waals surface area contributed by atoms with Gasteiger partial charge in [-0.25, -0.2) is 0 Å². The van der Waals surface area contributed by atoms with Crippen LogP contribution in [0.4, 0.5) is 5.69 Å². The Morgan fingerprint density at radius 3 is 2.50 bits per heavy atom. The van der Waals surface area contributed by atoms with Gasteiger partial charge in [0.2, 0.25) is 6.41 Å². The SMILES string of the molecule is CC(=O)OCc1cc(NC=O)cc(C(C)(C)C)c1. The van der Waals surface area contributed by atoms with Crippen molar-refractivity contribution in [1.29, 1.82) is 0 Å². The molecule has 0 bridgehead atoms. The van der Waals surface area contributed by atoms with Gasteiger partial charge in [0.05, 0.1) is 0 Å². The molecule has 0 aliphatic heterocycles. The van der Waals surface area contributed by atoms with Gasteiger partial charge in [-0.3, -0.25) is 9.59 Å². The maximum absolute atomic E-state index is 10.8. The van der Waals surface area contributed by atoms with Gasteiger partial charge in [-0.2, -0.15) is 0 Å². The summed E-state index contributed by atoms with van der Waals surface area (Å²) in [6.45, 7) is 7.85. The number of ether oxygens (including phenoxy) is 1. The number of esters is 1. The highest BCUT2D eigenvalue weighted by Gasteiger charge is 2.15. The molecule has 98 valence electrons. The van der Waals surface area contributed by atoms with Crippen LogP contribution in [-0.2, 0) is 26.3 Å². The summed E-state index contributed by atoms with van der Waals surface area (Å²) in [4.78, 5) is 21.3. The largest absolute Gasteiger partial charge is 0.461 e. The second kappa shape index (κ2) is 5.67. The van der Waals surface area contributed by atoms with E-state index in [2.05, 4.69) is 26.1 Å². The van der Waals surface area contributed by atoms with Gasteiger partial charge in [0, 0.05) is 12.6 Å². The molecule has 0 aliphatic carbocycles. The van der Waals surface area contributed by atoms with Crippen LogP contribution in [0.15, 0.2) is 18.2 Å². The van der Waals surface area contributed by atoms with E-state index >= 15 is 0 Å². The minimum Gasteiger partial charge on any atom is -0.461 e. The average molecular weight is 249 g/mol. The molecule has 1 amide bonds.